The van der Waals surface area contributed by atoms with Crippen molar-refractivity contribution >= 4 is 22.8 Å². The van der Waals surface area contributed by atoms with Crippen molar-refractivity contribution in [1.29, 1.82) is 0 Å². The van der Waals surface area contributed by atoms with E-state index < -0.39 is 11.6 Å². The van der Waals surface area contributed by atoms with Crippen molar-refractivity contribution < 1.29 is 18.7 Å². The van der Waals surface area contributed by atoms with Crippen molar-refractivity contribution in [2.75, 3.05) is 6.54 Å². The number of benzene rings is 2. The van der Waals surface area contributed by atoms with Crippen molar-refractivity contribution in [3.8, 4) is 0 Å². The van der Waals surface area contributed by atoms with Crippen LogP contribution in [0.25, 0.3) is 10.9 Å². The highest BCUT2D eigenvalue weighted by Gasteiger charge is 2.42. The molecule has 1 amide bonds. The van der Waals surface area contributed by atoms with Gasteiger partial charge in [-0.3, -0.25) is 4.79 Å². The lowest BCUT2D eigenvalue weighted by Crippen LogP contribution is -2.52. The zero-order valence-corrected chi connectivity index (χ0v) is 16.5. The molecule has 5 nitrogen and oxygen atoms in total. The maximum Gasteiger partial charge on any atom is 0.339 e. The Kier molecular flexibility index (Phi) is 4.86. The molecule has 6 heteroatoms. The van der Waals surface area contributed by atoms with Gasteiger partial charge in [0.15, 0.2) is 5.60 Å². The van der Waals surface area contributed by atoms with Crippen molar-refractivity contribution in [1.82, 2.24) is 10.3 Å². The summed E-state index contributed by atoms with van der Waals surface area (Å²) < 4.78 is 19.0. The highest BCUT2D eigenvalue weighted by Crippen LogP contribution is 2.29. The normalized spacial score (nSPS) is 18.4. The number of amides is 1. The maximum atomic E-state index is 13.5. The Hall–Kier alpha value is -3.15. The van der Waals surface area contributed by atoms with E-state index in [0.717, 1.165) is 34.0 Å². The average Bonchev–Trinajstić information content (AvgIpc) is 3.09. The van der Waals surface area contributed by atoms with E-state index in [4.69, 9.17) is 4.74 Å². The first kappa shape index (κ1) is 19.2. The molecule has 1 aromatic heterocycles. The molecule has 1 unspecified atom stereocenters. The van der Waals surface area contributed by atoms with E-state index in [1.807, 2.05) is 25.3 Å². The first-order chi connectivity index (χ1) is 13.9. The van der Waals surface area contributed by atoms with Crippen LogP contribution >= 0.6 is 0 Å². The SMILES string of the molecule is CCc1ccc2c(c1)CC(C)(C(=O)NCCc1c[nH]c3ccc(F)cc13)OC2=O. The number of aromatic nitrogens is 1. The molecule has 1 aliphatic heterocycles. The van der Waals surface area contributed by atoms with Gasteiger partial charge in [-0.1, -0.05) is 19.1 Å². The van der Waals surface area contributed by atoms with Gasteiger partial charge in [0, 0.05) is 30.1 Å². The Morgan fingerprint density at radius 2 is 2.10 bits per heavy atom. The summed E-state index contributed by atoms with van der Waals surface area (Å²) in [5.74, 6) is -1.10. The molecule has 2 heterocycles. The van der Waals surface area contributed by atoms with Crippen LogP contribution in [0.5, 0.6) is 0 Å². The predicted molar refractivity (Wildman–Crippen MR) is 108 cm³/mol. The second-order valence-corrected chi connectivity index (χ2v) is 7.65. The van der Waals surface area contributed by atoms with Crippen molar-refractivity contribution in [3.05, 3.63) is 70.7 Å². The third-order valence-electron chi connectivity index (χ3n) is 5.53. The molecule has 0 fully saturated rings. The van der Waals surface area contributed by atoms with Crippen molar-refractivity contribution in [2.45, 2.75) is 38.7 Å². The van der Waals surface area contributed by atoms with E-state index in [1.165, 1.54) is 12.1 Å². The Morgan fingerprint density at radius 3 is 2.90 bits per heavy atom. The molecule has 2 aromatic carbocycles. The summed E-state index contributed by atoms with van der Waals surface area (Å²) in [5, 5.41) is 3.67. The Labute approximate surface area is 168 Å². The Bertz CT molecular complexity index is 1100. The Morgan fingerprint density at radius 1 is 1.28 bits per heavy atom. The van der Waals surface area contributed by atoms with E-state index in [1.54, 1.807) is 19.1 Å². The van der Waals surface area contributed by atoms with Crippen LogP contribution in [0.3, 0.4) is 0 Å². The van der Waals surface area contributed by atoms with E-state index in [0.29, 0.717) is 24.9 Å². The zero-order valence-electron chi connectivity index (χ0n) is 16.5. The van der Waals surface area contributed by atoms with Gasteiger partial charge in [-0.05, 0) is 60.7 Å². The van der Waals surface area contributed by atoms with Crippen LogP contribution in [0.2, 0.25) is 0 Å². The van der Waals surface area contributed by atoms with Gasteiger partial charge >= 0.3 is 5.97 Å². The number of halogens is 1. The summed E-state index contributed by atoms with van der Waals surface area (Å²) in [6.07, 6.45) is 3.55. The lowest BCUT2D eigenvalue weighted by atomic mass is 9.88. The van der Waals surface area contributed by atoms with Crippen LogP contribution in [-0.2, 0) is 28.8 Å². The lowest BCUT2D eigenvalue weighted by Gasteiger charge is -2.33. The molecular formula is C23H23FN2O3. The average molecular weight is 394 g/mol. The fourth-order valence-electron chi connectivity index (χ4n) is 3.85. The highest BCUT2D eigenvalue weighted by atomic mass is 19.1. The molecule has 4 rings (SSSR count). The zero-order chi connectivity index (χ0) is 20.6. The minimum absolute atomic E-state index is 0.297. The molecular weight excluding hydrogens is 371 g/mol. The monoisotopic (exact) mass is 394 g/mol. The van der Waals surface area contributed by atoms with E-state index >= 15 is 0 Å². The molecule has 1 atom stereocenters. The first-order valence-electron chi connectivity index (χ1n) is 9.78. The number of hydrogen-bond donors (Lipinski definition) is 2. The number of aromatic amines is 1. The third kappa shape index (κ3) is 3.62. The fourth-order valence-corrected chi connectivity index (χ4v) is 3.85. The summed E-state index contributed by atoms with van der Waals surface area (Å²) in [6.45, 7) is 4.05. The summed E-state index contributed by atoms with van der Waals surface area (Å²) in [7, 11) is 0. The molecule has 1 aliphatic rings. The van der Waals surface area contributed by atoms with E-state index in [-0.39, 0.29) is 11.7 Å². The number of fused-ring (bicyclic) bond motifs is 2. The molecule has 2 N–H and O–H groups in total. The van der Waals surface area contributed by atoms with Gasteiger partial charge in [-0.2, -0.15) is 0 Å². The van der Waals surface area contributed by atoms with Gasteiger partial charge in [0.1, 0.15) is 5.82 Å². The van der Waals surface area contributed by atoms with Gasteiger partial charge in [-0.15, -0.1) is 0 Å². The molecule has 0 aliphatic carbocycles. The number of hydrogen-bond acceptors (Lipinski definition) is 3. The number of nitrogens with one attached hydrogen (secondary N) is 2. The van der Waals surface area contributed by atoms with Crippen LogP contribution in [0.15, 0.2) is 42.6 Å². The van der Waals surface area contributed by atoms with Gasteiger partial charge in [0.05, 0.1) is 5.56 Å². The number of rotatable bonds is 5. The second-order valence-electron chi connectivity index (χ2n) is 7.65. The quantitative estimate of drug-likeness (QED) is 0.648. The summed E-state index contributed by atoms with van der Waals surface area (Å²) >= 11 is 0. The summed E-state index contributed by atoms with van der Waals surface area (Å²) in [6, 6.07) is 10.2. The number of aryl methyl sites for hydroxylation is 1. The van der Waals surface area contributed by atoms with Crippen LogP contribution in [0.1, 0.15) is 40.9 Å². The highest BCUT2D eigenvalue weighted by molar-refractivity contribution is 5.97. The topological polar surface area (TPSA) is 71.2 Å². The molecule has 0 saturated heterocycles. The molecule has 3 aromatic rings. The van der Waals surface area contributed by atoms with Crippen LogP contribution < -0.4 is 5.32 Å². The molecule has 0 bridgehead atoms. The van der Waals surface area contributed by atoms with Gasteiger partial charge in [-0.25, -0.2) is 9.18 Å². The summed E-state index contributed by atoms with van der Waals surface area (Å²) in [4.78, 5) is 28.3. The number of carbonyl (C=O) groups is 2. The molecule has 0 spiro atoms. The van der Waals surface area contributed by atoms with Gasteiger partial charge in [0.2, 0.25) is 0 Å². The molecule has 150 valence electrons. The number of H-pyrrole nitrogens is 1. The maximum absolute atomic E-state index is 13.5. The smallest absolute Gasteiger partial charge is 0.339 e. The summed E-state index contributed by atoms with van der Waals surface area (Å²) in [5.41, 5.74) is 3.00. The van der Waals surface area contributed by atoms with Crippen molar-refractivity contribution in [2.24, 2.45) is 0 Å². The van der Waals surface area contributed by atoms with E-state index in [9.17, 15) is 14.0 Å². The number of ether oxygens (including phenoxy) is 1. The lowest BCUT2D eigenvalue weighted by molar-refractivity contribution is -0.139. The number of carbonyl (C=O) groups excluding carboxylic acids is 2. The molecule has 0 saturated carbocycles. The minimum Gasteiger partial charge on any atom is -0.445 e. The predicted octanol–water partition coefficient (Wildman–Crippen LogP) is 3.70. The minimum atomic E-state index is -1.25. The first-order valence-corrected chi connectivity index (χ1v) is 9.78. The van der Waals surface area contributed by atoms with Crippen LogP contribution in [0.4, 0.5) is 4.39 Å². The fraction of sp³-hybridized carbons (Fsp3) is 0.304. The van der Waals surface area contributed by atoms with Crippen molar-refractivity contribution in [3.63, 3.8) is 0 Å². The standard InChI is InChI=1S/C23H23FN2O3/c1-3-14-4-6-18-16(10-14)12-23(2,29-21(18)27)22(28)25-9-8-15-13-26-20-7-5-17(24)11-19(15)20/h4-7,10-11,13,26H,3,8-9,12H2,1-2H3,(H,25,28). The van der Waals surface area contributed by atoms with Gasteiger partial charge in [0.25, 0.3) is 5.91 Å². The largest absolute Gasteiger partial charge is 0.445 e. The molecule has 0 radical (unpaired) electrons. The number of esters is 1. The molecule has 29 heavy (non-hydrogen) atoms. The second kappa shape index (κ2) is 7.35. The van der Waals surface area contributed by atoms with Crippen LogP contribution in [-0.4, -0.2) is 29.0 Å². The van der Waals surface area contributed by atoms with E-state index in [2.05, 4.69) is 10.3 Å². The van der Waals surface area contributed by atoms with Gasteiger partial charge < -0.3 is 15.0 Å². The Balaban J connectivity index is 1.45. The number of cyclic esters (lactones) is 1. The third-order valence-corrected chi connectivity index (χ3v) is 5.53. The van der Waals surface area contributed by atoms with Crippen LogP contribution in [0, 0.1) is 5.82 Å².